The van der Waals surface area contributed by atoms with Gasteiger partial charge in [0.2, 0.25) is 0 Å². The predicted molar refractivity (Wildman–Crippen MR) is 79.4 cm³/mol. The highest BCUT2D eigenvalue weighted by atomic mass is 32.2. The van der Waals surface area contributed by atoms with Crippen LogP contribution in [0.3, 0.4) is 0 Å². The number of hydrogen-bond donors (Lipinski definition) is 2. The molecule has 0 aromatic carbocycles. The Labute approximate surface area is 116 Å². The minimum absolute atomic E-state index is 0.419. The molecule has 0 fully saturated rings. The molecule has 0 amide bonds. The van der Waals surface area contributed by atoms with Gasteiger partial charge in [0.25, 0.3) is 10.1 Å². The van der Waals surface area contributed by atoms with Crippen LogP contribution in [0.1, 0.15) is 27.7 Å². The Morgan fingerprint density at radius 1 is 1.21 bits per heavy atom. The maximum absolute atomic E-state index is 10.9. The van der Waals surface area contributed by atoms with Gasteiger partial charge in [-0.1, -0.05) is 45.9 Å². The summed E-state index contributed by atoms with van der Waals surface area (Å²) in [5.41, 5.74) is 5.50. The topological polar surface area (TPSA) is 83.6 Å². The molecule has 5 nitrogen and oxygen atoms in total. The van der Waals surface area contributed by atoms with Crippen molar-refractivity contribution < 1.29 is 13.0 Å². The van der Waals surface area contributed by atoms with Gasteiger partial charge in [0.05, 0.1) is 0 Å². The van der Waals surface area contributed by atoms with Crippen molar-refractivity contribution in [1.29, 1.82) is 0 Å². The second-order valence-electron chi connectivity index (χ2n) is 4.48. The van der Waals surface area contributed by atoms with Gasteiger partial charge in [-0.3, -0.25) is 4.55 Å². The first-order chi connectivity index (χ1) is 8.72. The predicted octanol–water partition coefficient (Wildman–Crippen LogP) is 1.64. The van der Waals surface area contributed by atoms with Crippen molar-refractivity contribution in [3.63, 3.8) is 0 Å². The van der Waals surface area contributed by atoms with Crippen molar-refractivity contribution in [2.75, 3.05) is 19.6 Å². The molecule has 0 radical (unpaired) electrons. The van der Waals surface area contributed by atoms with Gasteiger partial charge in [-0.25, -0.2) is 0 Å². The summed E-state index contributed by atoms with van der Waals surface area (Å²) >= 11 is 0. The second-order valence-corrected chi connectivity index (χ2v) is 6.14. The number of nitrogens with zero attached hydrogens (tertiary/aromatic N) is 1. The van der Waals surface area contributed by atoms with E-state index in [1.165, 1.54) is 31.8 Å². The van der Waals surface area contributed by atoms with Gasteiger partial charge in [0.15, 0.2) is 4.87 Å². The highest BCUT2D eigenvalue weighted by Crippen LogP contribution is 2.26. The highest BCUT2D eigenvalue weighted by molar-refractivity contribution is 7.87. The molecule has 0 saturated heterocycles. The average molecular weight is 290 g/mol. The molecule has 2 unspecified atom stereocenters. The molecule has 2 atom stereocenters. The van der Waals surface area contributed by atoms with E-state index in [2.05, 4.69) is 25.7 Å². The third kappa shape index (κ3) is 5.06. The standard InChI is InChI=1S/C7H11NO3S.C6H15N/c1-6-4-2-3-5-7(6,8)12(9,10)11;1-4-7(5-2)6-3/h2-6H,8H2,1H3,(H,9,10,11);4-6H2,1-3H3. The van der Waals surface area contributed by atoms with Crippen LogP contribution in [0.2, 0.25) is 0 Å². The van der Waals surface area contributed by atoms with Crippen LogP contribution < -0.4 is 5.73 Å². The molecule has 6 heteroatoms. The van der Waals surface area contributed by atoms with Crippen molar-refractivity contribution in [2.24, 2.45) is 11.7 Å². The molecule has 0 heterocycles. The van der Waals surface area contributed by atoms with Gasteiger partial charge in [-0.15, -0.1) is 0 Å². The highest BCUT2D eigenvalue weighted by Gasteiger charge is 2.41. The Hall–Kier alpha value is -0.690. The average Bonchev–Trinajstić information content (AvgIpc) is 2.35. The summed E-state index contributed by atoms with van der Waals surface area (Å²) in [6.45, 7) is 11.8. The van der Waals surface area contributed by atoms with Crippen molar-refractivity contribution in [1.82, 2.24) is 4.90 Å². The number of allylic oxidation sites excluding steroid dienone is 2. The molecule has 0 aliphatic heterocycles. The maximum Gasteiger partial charge on any atom is 0.288 e. The van der Waals surface area contributed by atoms with E-state index in [1.54, 1.807) is 19.1 Å². The van der Waals surface area contributed by atoms with Crippen molar-refractivity contribution in [2.45, 2.75) is 32.6 Å². The van der Waals surface area contributed by atoms with Crippen LogP contribution in [-0.4, -0.2) is 42.4 Å². The van der Waals surface area contributed by atoms with Crippen LogP contribution in [-0.2, 0) is 10.1 Å². The fourth-order valence-corrected chi connectivity index (χ4v) is 2.53. The minimum atomic E-state index is -4.23. The molecule has 0 saturated carbocycles. The largest absolute Gasteiger partial charge is 0.307 e. The van der Waals surface area contributed by atoms with Gasteiger partial charge in [-0.2, -0.15) is 8.42 Å². The zero-order valence-corrected chi connectivity index (χ0v) is 13.0. The smallest absolute Gasteiger partial charge is 0.288 e. The van der Waals surface area contributed by atoms with Crippen LogP contribution in [0.25, 0.3) is 0 Å². The van der Waals surface area contributed by atoms with Crippen LogP contribution in [0.4, 0.5) is 0 Å². The van der Waals surface area contributed by atoms with Gasteiger partial charge in [0, 0.05) is 5.92 Å². The lowest BCUT2D eigenvalue weighted by Crippen LogP contribution is -2.51. The normalized spacial score (nSPS) is 26.2. The van der Waals surface area contributed by atoms with E-state index in [1.807, 2.05) is 0 Å². The lowest BCUT2D eigenvalue weighted by Gasteiger charge is -2.28. The van der Waals surface area contributed by atoms with E-state index < -0.39 is 20.9 Å². The first kappa shape index (κ1) is 18.3. The van der Waals surface area contributed by atoms with Gasteiger partial charge in [-0.05, 0) is 25.7 Å². The lowest BCUT2D eigenvalue weighted by atomic mass is 9.97. The Morgan fingerprint density at radius 2 is 1.68 bits per heavy atom. The van der Waals surface area contributed by atoms with Crippen LogP contribution in [0, 0.1) is 5.92 Å². The molecule has 19 heavy (non-hydrogen) atoms. The Bertz CT molecular complexity index is 408. The van der Waals surface area contributed by atoms with E-state index in [0.29, 0.717) is 0 Å². The van der Waals surface area contributed by atoms with Crippen molar-refractivity contribution in [3.05, 3.63) is 24.3 Å². The maximum atomic E-state index is 10.9. The van der Waals surface area contributed by atoms with E-state index >= 15 is 0 Å². The van der Waals surface area contributed by atoms with E-state index in [9.17, 15) is 8.42 Å². The third-order valence-corrected chi connectivity index (χ3v) is 4.77. The Morgan fingerprint density at radius 3 is 1.89 bits per heavy atom. The summed E-state index contributed by atoms with van der Waals surface area (Å²) in [6.07, 6.45) is 6.12. The molecule has 1 rings (SSSR count). The molecular formula is C13H26N2O3S. The number of nitrogens with two attached hydrogens (primary N) is 1. The number of hydrogen-bond acceptors (Lipinski definition) is 4. The fourth-order valence-electron chi connectivity index (χ4n) is 1.73. The van der Waals surface area contributed by atoms with Gasteiger partial charge in [0.1, 0.15) is 0 Å². The molecule has 0 aromatic heterocycles. The Balaban J connectivity index is 0.000000399. The third-order valence-electron chi connectivity index (χ3n) is 3.37. The molecule has 1 aliphatic carbocycles. The zero-order valence-electron chi connectivity index (χ0n) is 12.2. The molecule has 0 bridgehead atoms. The molecule has 0 spiro atoms. The first-order valence-electron chi connectivity index (χ1n) is 6.57. The van der Waals surface area contributed by atoms with E-state index in [0.717, 1.165) is 0 Å². The summed E-state index contributed by atoms with van der Waals surface area (Å²) in [5, 5.41) is 0. The SMILES string of the molecule is CC1C=CC=CC1(N)S(=O)(=O)O.CCN(CC)CC. The Kier molecular flexibility index (Phi) is 7.51. The van der Waals surface area contributed by atoms with Crippen LogP contribution >= 0.6 is 0 Å². The first-order valence-corrected chi connectivity index (χ1v) is 8.01. The monoisotopic (exact) mass is 290 g/mol. The summed E-state index contributed by atoms with van der Waals surface area (Å²) in [5.74, 6) is -0.419. The zero-order chi connectivity index (χ0) is 15.1. The quantitative estimate of drug-likeness (QED) is 0.769. The van der Waals surface area contributed by atoms with Crippen molar-refractivity contribution >= 4 is 10.1 Å². The van der Waals surface area contributed by atoms with Gasteiger partial charge >= 0.3 is 0 Å². The molecule has 112 valence electrons. The summed E-state index contributed by atoms with van der Waals surface area (Å²) < 4.78 is 30.6. The van der Waals surface area contributed by atoms with E-state index in [4.69, 9.17) is 10.3 Å². The fraction of sp³-hybridized carbons (Fsp3) is 0.692. The van der Waals surface area contributed by atoms with E-state index in [-0.39, 0.29) is 0 Å². The second kappa shape index (κ2) is 7.79. The van der Waals surface area contributed by atoms with Crippen LogP contribution in [0.15, 0.2) is 24.3 Å². The molecule has 0 aromatic rings. The van der Waals surface area contributed by atoms with Crippen molar-refractivity contribution in [3.8, 4) is 0 Å². The lowest BCUT2D eigenvalue weighted by molar-refractivity contribution is 0.321. The molecule has 1 aliphatic rings. The molecular weight excluding hydrogens is 264 g/mol. The molecule has 3 N–H and O–H groups in total. The van der Waals surface area contributed by atoms with Gasteiger partial charge < -0.3 is 10.6 Å². The summed E-state index contributed by atoms with van der Waals surface area (Å²) in [4.78, 5) is 0.710. The summed E-state index contributed by atoms with van der Waals surface area (Å²) in [6, 6.07) is 0. The number of rotatable bonds is 4. The summed E-state index contributed by atoms with van der Waals surface area (Å²) in [7, 11) is -4.23. The minimum Gasteiger partial charge on any atom is -0.307 e. The van der Waals surface area contributed by atoms with Crippen LogP contribution in [0.5, 0.6) is 0 Å².